The number of ether oxygens (including phenoxy) is 1. The summed E-state index contributed by atoms with van der Waals surface area (Å²) in [7, 11) is 0. The number of rotatable bonds is 2. The summed E-state index contributed by atoms with van der Waals surface area (Å²) in [6.07, 6.45) is -1.96. The van der Waals surface area contributed by atoms with E-state index < -0.39 is 23.7 Å². The molecule has 0 aromatic carbocycles. The van der Waals surface area contributed by atoms with Crippen molar-refractivity contribution in [1.29, 1.82) is 0 Å². The number of hydrogen-bond acceptors (Lipinski definition) is 4. The first-order valence-corrected chi connectivity index (χ1v) is 10.5. The largest absolute Gasteiger partial charge is 0.444 e. The minimum absolute atomic E-state index is 0.0660. The van der Waals surface area contributed by atoms with Crippen LogP contribution < -0.4 is 10.6 Å². The van der Waals surface area contributed by atoms with Crippen molar-refractivity contribution in [1.82, 2.24) is 15.5 Å². The average molecular weight is 419 g/mol. The third kappa shape index (κ3) is 5.55. The SMILES string of the molecule is CC(C)(C)OC(=O)N1CCC2(CC1)NC(C1CCC(CC(F)(F)F)CC1)NC2=O. The highest BCUT2D eigenvalue weighted by atomic mass is 19.4. The smallest absolute Gasteiger partial charge is 0.410 e. The summed E-state index contributed by atoms with van der Waals surface area (Å²) < 4.78 is 43.2. The van der Waals surface area contributed by atoms with E-state index in [1.807, 2.05) is 20.8 Å². The van der Waals surface area contributed by atoms with Crippen LogP contribution in [0.2, 0.25) is 0 Å². The van der Waals surface area contributed by atoms with Crippen molar-refractivity contribution in [2.24, 2.45) is 11.8 Å². The molecule has 0 aromatic rings. The maximum atomic E-state index is 12.7. The Hall–Kier alpha value is -1.51. The molecule has 0 radical (unpaired) electrons. The lowest BCUT2D eigenvalue weighted by molar-refractivity contribution is -0.147. The van der Waals surface area contributed by atoms with Crippen molar-refractivity contribution >= 4 is 12.0 Å². The molecule has 3 rings (SSSR count). The Morgan fingerprint density at radius 1 is 1.14 bits per heavy atom. The van der Waals surface area contributed by atoms with Gasteiger partial charge in [0.2, 0.25) is 5.91 Å². The fraction of sp³-hybridized carbons (Fsp3) is 0.900. The van der Waals surface area contributed by atoms with Gasteiger partial charge in [0.05, 0.1) is 6.17 Å². The molecule has 2 amide bonds. The zero-order valence-electron chi connectivity index (χ0n) is 17.4. The van der Waals surface area contributed by atoms with E-state index in [1.54, 1.807) is 4.90 Å². The van der Waals surface area contributed by atoms with Gasteiger partial charge in [-0.3, -0.25) is 10.1 Å². The fourth-order valence-electron chi connectivity index (χ4n) is 4.74. The second kappa shape index (κ2) is 7.96. The van der Waals surface area contributed by atoms with E-state index in [4.69, 9.17) is 4.74 Å². The number of piperidine rings is 1. The van der Waals surface area contributed by atoms with Crippen LogP contribution in [0.1, 0.15) is 65.7 Å². The van der Waals surface area contributed by atoms with Crippen LogP contribution in [-0.2, 0) is 9.53 Å². The molecule has 1 saturated carbocycles. The van der Waals surface area contributed by atoms with Gasteiger partial charge in [0, 0.05) is 19.5 Å². The third-order valence-corrected chi connectivity index (χ3v) is 6.30. The number of hydrogen-bond donors (Lipinski definition) is 2. The minimum Gasteiger partial charge on any atom is -0.444 e. The van der Waals surface area contributed by atoms with Gasteiger partial charge in [-0.05, 0) is 71.1 Å². The second-order valence-electron chi connectivity index (χ2n) is 9.75. The molecule has 1 aliphatic carbocycles. The normalized spacial score (nSPS) is 30.3. The minimum atomic E-state index is -4.11. The van der Waals surface area contributed by atoms with Gasteiger partial charge in [0.25, 0.3) is 0 Å². The lowest BCUT2D eigenvalue weighted by Crippen LogP contribution is -2.57. The first-order valence-electron chi connectivity index (χ1n) is 10.5. The van der Waals surface area contributed by atoms with Crippen LogP contribution in [-0.4, -0.2) is 53.5 Å². The standard InChI is InChI=1S/C20H32F3N3O3/c1-18(2,3)29-17(28)26-10-8-19(9-11-26)16(27)24-15(25-19)14-6-4-13(5-7-14)12-20(21,22)23/h13-15,25H,4-12H2,1-3H3,(H,24,27). The van der Waals surface area contributed by atoms with Crippen molar-refractivity contribution in [3.8, 4) is 0 Å². The Bertz CT molecular complexity index is 617. The summed E-state index contributed by atoms with van der Waals surface area (Å²) in [5.74, 6) is -0.232. The highest BCUT2D eigenvalue weighted by molar-refractivity contribution is 5.89. The first-order chi connectivity index (χ1) is 13.4. The van der Waals surface area contributed by atoms with E-state index in [2.05, 4.69) is 10.6 Å². The van der Waals surface area contributed by atoms with Gasteiger partial charge >= 0.3 is 12.3 Å². The van der Waals surface area contributed by atoms with E-state index in [0.29, 0.717) is 51.6 Å². The molecule has 2 aliphatic heterocycles. The molecule has 0 aromatic heterocycles. The quantitative estimate of drug-likeness (QED) is 0.718. The molecule has 29 heavy (non-hydrogen) atoms. The van der Waals surface area contributed by atoms with Crippen LogP contribution in [0.15, 0.2) is 0 Å². The Balaban J connectivity index is 1.50. The zero-order valence-corrected chi connectivity index (χ0v) is 17.4. The number of carbonyl (C=O) groups excluding carboxylic acids is 2. The molecule has 3 fully saturated rings. The van der Waals surface area contributed by atoms with E-state index >= 15 is 0 Å². The predicted octanol–water partition coefficient (Wildman–Crippen LogP) is 3.56. The molecule has 0 bridgehead atoms. The van der Waals surface area contributed by atoms with Gasteiger partial charge in [-0.15, -0.1) is 0 Å². The molecule has 2 saturated heterocycles. The molecule has 6 nitrogen and oxygen atoms in total. The fourth-order valence-corrected chi connectivity index (χ4v) is 4.74. The maximum absolute atomic E-state index is 12.7. The monoisotopic (exact) mass is 419 g/mol. The summed E-state index contributed by atoms with van der Waals surface area (Å²) in [6, 6.07) is 0. The number of carbonyl (C=O) groups is 2. The Kier molecular flexibility index (Phi) is 6.09. The number of halogens is 3. The van der Waals surface area contributed by atoms with Gasteiger partial charge in [-0.2, -0.15) is 13.2 Å². The van der Waals surface area contributed by atoms with Crippen molar-refractivity contribution < 1.29 is 27.5 Å². The van der Waals surface area contributed by atoms with Crippen LogP contribution >= 0.6 is 0 Å². The lowest BCUT2D eigenvalue weighted by atomic mass is 9.79. The maximum Gasteiger partial charge on any atom is 0.410 e. The van der Waals surface area contributed by atoms with Crippen molar-refractivity contribution in [3.05, 3.63) is 0 Å². The van der Waals surface area contributed by atoms with Crippen molar-refractivity contribution in [2.45, 2.75) is 89.2 Å². The van der Waals surface area contributed by atoms with Gasteiger partial charge < -0.3 is 15.0 Å². The number of alkyl halides is 3. The highest BCUT2D eigenvalue weighted by Gasteiger charge is 2.50. The highest BCUT2D eigenvalue weighted by Crippen LogP contribution is 2.39. The number of likely N-dealkylation sites (tertiary alicyclic amines) is 1. The molecule has 1 unspecified atom stereocenters. The summed E-state index contributed by atoms with van der Waals surface area (Å²) in [6.45, 7) is 6.31. The average Bonchev–Trinajstić information content (AvgIpc) is 2.89. The van der Waals surface area contributed by atoms with Crippen molar-refractivity contribution in [3.63, 3.8) is 0 Å². The third-order valence-electron chi connectivity index (χ3n) is 6.30. The van der Waals surface area contributed by atoms with Gasteiger partial charge in [0.1, 0.15) is 11.1 Å². The van der Waals surface area contributed by atoms with Crippen LogP contribution in [0.5, 0.6) is 0 Å². The molecule has 9 heteroatoms. The summed E-state index contributed by atoms with van der Waals surface area (Å²) >= 11 is 0. The Morgan fingerprint density at radius 3 is 2.24 bits per heavy atom. The first kappa shape index (κ1) is 22.2. The number of nitrogens with one attached hydrogen (secondary N) is 2. The van der Waals surface area contributed by atoms with Crippen LogP contribution in [0.4, 0.5) is 18.0 Å². The molecular weight excluding hydrogens is 387 g/mol. The summed E-state index contributed by atoms with van der Waals surface area (Å²) in [5, 5.41) is 6.46. The summed E-state index contributed by atoms with van der Waals surface area (Å²) in [5.41, 5.74) is -1.27. The van der Waals surface area contributed by atoms with E-state index in [-0.39, 0.29) is 30.0 Å². The molecule has 166 valence electrons. The molecule has 1 spiro atoms. The molecule has 3 aliphatic rings. The Morgan fingerprint density at radius 2 is 1.72 bits per heavy atom. The van der Waals surface area contributed by atoms with Gasteiger partial charge in [-0.25, -0.2) is 4.79 Å². The van der Waals surface area contributed by atoms with Crippen LogP contribution in [0.3, 0.4) is 0 Å². The van der Waals surface area contributed by atoms with E-state index in [1.165, 1.54) is 0 Å². The van der Waals surface area contributed by atoms with E-state index in [0.717, 1.165) is 0 Å². The Labute approximate surface area is 169 Å². The van der Waals surface area contributed by atoms with Crippen LogP contribution in [0.25, 0.3) is 0 Å². The molecular formula is C20H32F3N3O3. The number of amides is 2. The predicted molar refractivity (Wildman–Crippen MR) is 101 cm³/mol. The number of nitrogens with zero attached hydrogens (tertiary/aromatic N) is 1. The zero-order chi connectivity index (χ0) is 21.4. The topological polar surface area (TPSA) is 70.7 Å². The molecule has 2 heterocycles. The van der Waals surface area contributed by atoms with Crippen molar-refractivity contribution in [2.75, 3.05) is 13.1 Å². The van der Waals surface area contributed by atoms with Gasteiger partial charge in [0.15, 0.2) is 0 Å². The molecule has 2 N–H and O–H groups in total. The van der Waals surface area contributed by atoms with Gasteiger partial charge in [-0.1, -0.05) is 0 Å². The second-order valence-corrected chi connectivity index (χ2v) is 9.75. The molecule has 1 atom stereocenters. The van der Waals surface area contributed by atoms with Crippen LogP contribution in [0, 0.1) is 11.8 Å². The van der Waals surface area contributed by atoms with E-state index in [9.17, 15) is 22.8 Å². The lowest BCUT2D eigenvalue weighted by Gasteiger charge is -2.39. The summed E-state index contributed by atoms with van der Waals surface area (Å²) in [4.78, 5) is 26.6.